The number of ether oxygens (including phenoxy) is 1. The smallest absolute Gasteiger partial charge is 0.254 e. The van der Waals surface area contributed by atoms with Crippen LogP contribution in [0.1, 0.15) is 35.3 Å². The zero-order chi connectivity index (χ0) is 22.2. The Labute approximate surface area is 182 Å². The highest BCUT2D eigenvalue weighted by Crippen LogP contribution is 2.38. The number of hydrogen-bond donors (Lipinski definition) is 1. The van der Waals surface area contributed by atoms with Gasteiger partial charge in [-0.05, 0) is 48.2 Å². The maximum atomic E-state index is 13.5. The van der Waals surface area contributed by atoms with Gasteiger partial charge in [0.1, 0.15) is 5.75 Å². The second kappa shape index (κ2) is 8.19. The number of amides is 1. The van der Waals surface area contributed by atoms with Crippen molar-refractivity contribution in [2.24, 2.45) is 5.92 Å². The summed E-state index contributed by atoms with van der Waals surface area (Å²) in [4.78, 5) is 15.6. The van der Waals surface area contributed by atoms with E-state index in [4.69, 9.17) is 4.74 Å². The van der Waals surface area contributed by atoms with Gasteiger partial charge in [0, 0.05) is 35.7 Å². The molecule has 1 aromatic heterocycles. The van der Waals surface area contributed by atoms with Crippen molar-refractivity contribution in [3.05, 3.63) is 66.0 Å². The molecule has 0 bridgehead atoms. The summed E-state index contributed by atoms with van der Waals surface area (Å²) < 4.78 is 29.5. The van der Waals surface area contributed by atoms with Gasteiger partial charge in [-0.2, -0.15) is 5.10 Å². The minimum absolute atomic E-state index is 0.101. The molecule has 1 aliphatic rings. The lowest BCUT2D eigenvalue weighted by atomic mass is 10.0. The minimum Gasteiger partial charge on any atom is -0.496 e. The highest BCUT2D eigenvalue weighted by Gasteiger charge is 2.35. The summed E-state index contributed by atoms with van der Waals surface area (Å²) in [7, 11) is -1.75. The van der Waals surface area contributed by atoms with Crippen LogP contribution in [0.4, 0.5) is 0 Å². The summed E-state index contributed by atoms with van der Waals surface area (Å²) in [6, 6.07) is 12.1. The van der Waals surface area contributed by atoms with Crippen molar-refractivity contribution in [3.63, 3.8) is 0 Å². The van der Waals surface area contributed by atoms with Gasteiger partial charge in [0.05, 0.1) is 24.2 Å². The lowest BCUT2D eigenvalue weighted by Crippen LogP contribution is -2.31. The molecule has 0 aliphatic carbocycles. The van der Waals surface area contributed by atoms with Crippen LogP contribution in [0.25, 0.3) is 11.1 Å². The largest absolute Gasteiger partial charge is 0.496 e. The van der Waals surface area contributed by atoms with Gasteiger partial charge in [-0.1, -0.05) is 19.1 Å². The molecule has 4 rings (SSSR count). The first-order chi connectivity index (χ1) is 14.8. The number of carbonyl (C=O) groups excluding carboxylic acids is 1. The van der Waals surface area contributed by atoms with Gasteiger partial charge >= 0.3 is 0 Å². The van der Waals surface area contributed by atoms with Crippen molar-refractivity contribution in [2.45, 2.75) is 24.3 Å². The van der Waals surface area contributed by atoms with Gasteiger partial charge in [0.15, 0.2) is 9.84 Å². The molecular weight excluding hydrogens is 414 g/mol. The quantitative estimate of drug-likeness (QED) is 0.654. The second-order valence-electron chi connectivity index (χ2n) is 8.06. The van der Waals surface area contributed by atoms with E-state index in [0.717, 1.165) is 23.1 Å². The van der Waals surface area contributed by atoms with E-state index >= 15 is 0 Å². The van der Waals surface area contributed by atoms with Crippen molar-refractivity contribution in [2.75, 3.05) is 19.9 Å². The van der Waals surface area contributed by atoms with Crippen molar-refractivity contribution >= 4 is 15.7 Å². The van der Waals surface area contributed by atoms with Gasteiger partial charge in [-0.25, -0.2) is 8.42 Å². The Morgan fingerprint density at radius 1 is 1.23 bits per heavy atom. The third-order valence-corrected chi connectivity index (χ3v) is 6.81. The molecule has 2 aromatic carbocycles. The van der Waals surface area contributed by atoms with Crippen molar-refractivity contribution in [1.29, 1.82) is 0 Å². The molecule has 7 nitrogen and oxygen atoms in total. The van der Waals surface area contributed by atoms with Gasteiger partial charge in [-0.3, -0.25) is 9.89 Å². The summed E-state index contributed by atoms with van der Waals surface area (Å²) in [6.07, 6.45) is 5.45. The first-order valence-electron chi connectivity index (χ1n) is 10.1. The summed E-state index contributed by atoms with van der Waals surface area (Å²) in [5.41, 5.74) is 3.09. The molecular formula is C23H25N3O4S. The number of hydrogen-bond acceptors (Lipinski definition) is 5. The lowest BCUT2D eigenvalue weighted by molar-refractivity contribution is 0.0731. The topological polar surface area (TPSA) is 92.4 Å². The highest BCUT2D eigenvalue weighted by molar-refractivity contribution is 7.90. The normalized spacial score (nSPS) is 18.9. The Morgan fingerprint density at radius 3 is 2.71 bits per heavy atom. The average Bonchev–Trinajstić information content (AvgIpc) is 3.42. The van der Waals surface area contributed by atoms with E-state index in [2.05, 4.69) is 17.1 Å². The predicted octanol–water partition coefficient (Wildman–Crippen LogP) is 3.71. The lowest BCUT2D eigenvalue weighted by Gasteiger charge is -2.26. The molecule has 0 spiro atoms. The number of benzene rings is 2. The zero-order valence-corrected chi connectivity index (χ0v) is 18.5. The van der Waals surface area contributed by atoms with E-state index in [1.807, 2.05) is 17.0 Å². The van der Waals surface area contributed by atoms with Crippen LogP contribution in [0.3, 0.4) is 0 Å². The van der Waals surface area contributed by atoms with Crippen LogP contribution >= 0.6 is 0 Å². The summed E-state index contributed by atoms with van der Waals surface area (Å²) in [5.74, 6) is 0.800. The summed E-state index contributed by atoms with van der Waals surface area (Å²) in [6.45, 7) is 2.71. The number of carbonyl (C=O) groups is 1. The summed E-state index contributed by atoms with van der Waals surface area (Å²) in [5, 5.41) is 6.75. The number of rotatable bonds is 5. The minimum atomic E-state index is -3.32. The molecule has 1 amide bonds. The summed E-state index contributed by atoms with van der Waals surface area (Å²) >= 11 is 0. The fourth-order valence-corrected chi connectivity index (χ4v) is 4.84. The van der Waals surface area contributed by atoms with Crippen LogP contribution in [0, 0.1) is 5.92 Å². The van der Waals surface area contributed by atoms with Crippen molar-refractivity contribution in [3.8, 4) is 16.9 Å². The Kier molecular flexibility index (Phi) is 5.58. The SMILES string of the molecule is COc1cc(C(=O)N2CC(C)C[C@@H]2c2cccc(S(C)(=O)=O)c2)ccc1-c1cn[nH]c1. The Morgan fingerprint density at radius 2 is 2.03 bits per heavy atom. The van der Waals surface area contributed by atoms with Gasteiger partial charge in [0.2, 0.25) is 0 Å². The zero-order valence-electron chi connectivity index (χ0n) is 17.7. The molecule has 31 heavy (non-hydrogen) atoms. The second-order valence-corrected chi connectivity index (χ2v) is 10.1. The molecule has 2 heterocycles. The van der Waals surface area contributed by atoms with Crippen LogP contribution in [0.15, 0.2) is 59.8 Å². The van der Waals surface area contributed by atoms with Gasteiger partial charge in [0.25, 0.3) is 5.91 Å². The third-order valence-electron chi connectivity index (χ3n) is 5.70. The number of aromatic nitrogens is 2. The molecule has 0 radical (unpaired) electrons. The Balaban J connectivity index is 1.67. The van der Waals surface area contributed by atoms with E-state index in [0.29, 0.717) is 23.8 Å². The van der Waals surface area contributed by atoms with E-state index in [1.54, 1.807) is 49.8 Å². The van der Waals surface area contributed by atoms with E-state index < -0.39 is 9.84 Å². The van der Waals surface area contributed by atoms with Crippen LogP contribution in [0.2, 0.25) is 0 Å². The third kappa shape index (κ3) is 4.20. The number of sulfone groups is 1. The highest BCUT2D eigenvalue weighted by atomic mass is 32.2. The molecule has 1 N–H and O–H groups in total. The molecule has 3 aromatic rings. The van der Waals surface area contributed by atoms with Crippen molar-refractivity contribution in [1.82, 2.24) is 15.1 Å². The monoisotopic (exact) mass is 439 g/mol. The number of H-pyrrole nitrogens is 1. The van der Waals surface area contributed by atoms with Crippen molar-refractivity contribution < 1.29 is 17.9 Å². The molecule has 162 valence electrons. The number of nitrogens with zero attached hydrogens (tertiary/aromatic N) is 2. The standard InChI is InChI=1S/C23H25N3O4S/c1-15-9-21(16-5-4-6-19(10-16)31(3,28)29)26(14-15)23(27)17-7-8-20(22(11-17)30-2)18-12-24-25-13-18/h4-8,10-13,15,21H,9,14H2,1-3H3,(H,24,25)/t15?,21-/m1/s1. The van der Waals surface area contributed by atoms with Gasteiger partial charge < -0.3 is 9.64 Å². The average molecular weight is 440 g/mol. The Bertz CT molecular complexity index is 1210. The number of methoxy groups -OCH3 is 1. The maximum absolute atomic E-state index is 13.5. The first-order valence-corrected chi connectivity index (χ1v) is 11.9. The molecule has 2 atom stereocenters. The van der Waals surface area contributed by atoms with Gasteiger partial charge in [-0.15, -0.1) is 0 Å². The molecule has 0 saturated carbocycles. The fraction of sp³-hybridized carbons (Fsp3) is 0.304. The van der Waals surface area contributed by atoms with Crippen LogP contribution in [-0.4, -0.2) is 49.3 Å². The maximum Gasteiger partial charge on any atom is 0.254 e. The molecule has 1 saturated heterocycles. The van der Waals surface area contributed by atoms with E-state index in [1.165, 1.54) is 6.26 Å². The molecule has 8 heteroatoms. The van der Waals surface area contributed by atoms with E-state index in [-0.39, 0.29) is 16.8 Å². The number of likely N-dealkylation sites (tertiary alicyclic amines) is 1. The molecule has 1 fully saturated rings. The fourth-order valence-electron chi connectivity index (χ4n) is 4.17. The number of aromatic amines is 1. The van der Waals surface area contributed by atoms with Crippen LogP contribution in [0.5, 0.6) is 5.75 Å². The van der Waals surface area contributed by atoms with Crippen LogP contribution in [-0.2, 0) is 9.84 Å². The Hall–Kier alpha value is -3.13. The van der Waals surface area contributed by atoms with Crippen LogP contribution < -0.4 is 4.74 Å². The van der Waals surface area contributed by atoms with E-state index in [9.17, 15) is 13.2 Å². The first kappa shape index (κ1) is 21.1. The predicted molar refractivity (Wildman–Crippen MR) is 118 cm³/mol. The molecule has 1 unspecified atom stereocenters. The number of nitrogens with one attached hydrogen (secondary N) is 1. The molecule has 1 aliphatic heterocycles.